The molecule has 0 radical (unpaired) electrons. The van der Waals surface area contributed by atoms with Gasteiger partial charge >= 0.3 is 11.9 Å². The van der Waals surface area contributed by atoms with Gasteiger partial charge in [0.2, 0.25) is 0 Å². The van der Waals surface area contributed by atoms with E-state index in [9.17, 15) is 9.59 Å². The summed E-state index contributed by atoms with van der Waals surface area (Å²) in [5, 5.41) is 3.27. The lowest BCUT2D eigenvalue weighted by atomic mass is 9.88. The Morgan fingerprint density at radius 1 is 0.545 bits per heavy atom. The summed E-state index contributed by atoms with van der Waals surface area (Å²) in [5.74, 6) is 1.33. The first-order chi connectivity index (χ1) is 21.5. The van der Waals surface area contributed by atoms with Gasteiger partial charge in [0.15, 0.2) is 13.2 Å². The van der Waals surface area contributed by atoms with Crippen molar-refractivity contribution in [3.8, 4) is 11.5 Å². The molecule has 5 rings (SSSR count). The third-order valence-corrected chi connectivity index (χ3v) is 9.76. The molecule has 2 atom stereocenters. The molecule has 0 aliphatic heterocycles. The molecule has 2 unspecified atom stereocenters. The van der Waals surface area contributed by atoms with Gasteiger partial charge in [-0.3, -0.25) is 0 Å². The Balaban J connectivity index is 1.27. The Labute approximate surface area is 262 Å². The van der Waals surface area contributed by atoms with Gasteiger partial charge in [-0.05, 0) is 51.4 Å². The molecule has 44 heavy (non-hydrogen) atoms. The van der Waals surface area contributed by atoms with Crippen LogP contribution in [0.3, 0.4) is 0 Å². The van der Waals surface area contributed by atoms with E-state index in [2.05, 4.69) is 0 Å². The average molecular weight is 603 g/mol. The SMILES string of the molecule is CC(OC(=O)COc1c2ccccc2c(OCC(=O)OC(C)C2CCCCCCC2)c2ccccc12)C1CCCCCCC1. The Morgan fingerprint density at radius 2 is 0.841 bits per heavy atom. The lowest BCUT2D eigenvalue weighted by Crippen LogP contribution is -2.27. The van der Waals surface area contributed by atoms with Crippen molar-refractivity contribution in [2.24, 2.45) is 11.8 Å². The largest absolute Gasteiger partial charge is 0.481 e. The molecule has 2 aliphatic carbocycles. The maximum atomic E-state index is 13.0. The second kappa shape index (κ2) is 16.2. The molecule has 0 N–H and O–H groups in total. The van der Waals surface area contributed by atoms with Crippen molar-refractivity contribution in [3.63, 3.8) is 0 Å². The van der Waals surface area contributed by atoms with Gasteiger partial charge in [-0.15, -0.1) is 0 Å². The fraction of sp³-hybridized carbons (Fsp3) is 0.579. The van der Waals surface area contributed by atoms with Gasteiger partial charge in [-0.25, -0.2) is 9.59 Å². The molecule has 3 aromatic rings. The molecule has 2 saturated carbocycles. The number of esters is 2. The highest BCUT2D eigenvalue weighted by molar-refractivity contribution is 6.11. The van der Waals surface area contributed by atoms with Crippen LogP contribution in [0.15, 0.2) is 48.5 Å². The summed E-state index contributed by atoms with van der Waals surface area (Å²) >= 11 is 0. The molecule has 6 nitrogen and oxygen atoms in total. The van der Waals surface area contributed by atoms with Crippen LogP contribution >= 0.6 is 0 Å². The van der Waals surface area contributed by atoms with E-state index in [4.69, 9.17) is 18.9 Å². The molecular weight excluding hydrogens is 552 g/mol. The summed E-state index contributed by atoms with van der Waals surface area (Å²) in [6, 6.07) is 15.6. The minimum atomic E-state index is -0.353. The van der Waals surface area contributed by atoms with Gasteiger partial charge in [-0.1, -0.05) is 113 Å². The predicted molar refractivity (Wildman–Crippen MR) is 175 cm³/mol. The van der Waals surface area contributed by atoms with Crippen molar-refractivity contribution in [2.45, 2.75) is 116 Å². The van der Waals surface area contributed by atoms with Gasteiger partial charge in [-0.2, -0.15) is 0 Å². The number of hydrogen-bond donors (Lipinski definition) is 0. The van der Waals surface area contributed by atoms with Crippen molar-refractivity contribution in [2.75, 3.05) is 13.2 Å². The maximum absolute atomic E-state index is 13.0. The molecular formula is C38H50O6. The Hall–Kier alpha value is -3.28. The number of fused-ring (bicyclic) bond motifs is 2. The number of hydrogen-bond acceptors (Lipinski definition) is 6. The number of ether oxygens (including phenoxy) is 4. The molecule has 6 heteroatoms. The molecule has 238 valence electrons. The maximum Gasteiger partial charge on any atom is 0.344 e. The highest BCUT2D eigenvalue weighted by atomic mass is 16.6. The minimum Gasteiger partial charge on any atom is -0.481 e. The van der Waals surface area contributed by atoms with Crippen LogP contribution in [0.4, 0.5) is 0 Å². The van der Waals surface area contributed by atoms with E-state index in [0.29, 0.717) is 23.3 Å². The first-order valence-electron chi connectivity index (χ1n) is 17.1. The van der Waals surface area contributed by atoms with E-state index < -0.39 is 0 Å². The molecule has 0 bridgehead atoms. The summed E-state index contributed by atoms with van der Waals surface area (Å²) in [4.78, 5) is 25.9. The van der Waals surface area contributed by atoms with Crippen molar-refractivity contribution < 1.29 is 28.5 Å². The fourth-order valence-electron chi connectivity index (χ4n) is 7.21. The Bertz CT molecular complexity index is 1210. The minimum absolute atomic E-state index is 0.122. The number of carbonyl (C=O) groups excluding carboxylic acids is 2. The third-order valence-electron chi connectivity index (χ3n) is 9.76. The van der Waals surface area contributed by atoms with Gasteiger partial charge in [0.25, 0.3) is 0 Å². The standard InChI is InChI=1S/C38H50O6/c1-27(29-17-9-5-3-6-10-18-29)43-35(39)25-41-37-31-21-13-15-23-33(31)38(34-24-16-14-22-32(34)37)42-26-36(40)44-28(2)30-19-11-7-4-8-12-20-30/h13-16,21-24,27-30H,3-12,17-20,25-26H2,1-2H3. The van der Waals surface area contributed by atoms with Crippen molar-refractivity contribution in [1.82, 2.24) is 0 Å². The lowest BCUT2D eigenvalue weighted by molar-refractivity contribution is -0.154. The van der Waals surface area contributed by atoms with Crippen LogP contribution in [0.25, 0.3) is 21.5 Å². The van der Waals surface area contributed by atoms with E-state index in [1.165, 1.54) is 64.2 Å². The topological polar surface area (TPSA) is 71.1 Å². The molecule has 2 fully saturated rings. The third kappa shape index (κ3) is 8.46. The van der Waals surface area contributed by atoms with Crippen LogP contribution < -0.4 is 9.47 Å². The normalized spacial score (nSPS) is 18.8. The summed E-state index contributed by atoms with van der Waals surface area (Å²) in [6.45, 7) is 3.70. The van der Waals surface area contributed by atoms with Crippen LogP contribution in [0, 0.1) is 11.8 Å². The van der Waals surface area contributed by atoms with E-state index in [-0.39, 0.29) is 37.4 Å². The van der Waals surface area contributed by atoms with Crippen LogP contribution in [0.5, 0.6) is 11.5 Å². The first-order valence-corrected chi connectivity index (χ1v) is 17.1. The molecule has 2 aliphatic rings. The number of benzene rings is 3. The zero-order chi connectivity index (χ0) is 30.7. The monoisotopic (exact) mass is 602 g/mol. The van der Waals surface area contributed by atoms with E-state index >= 15 is 0 Å². The average Bonchev–Trinajstić information content (AvgIpc) is 2.98. The molecule has 3 aromatic carbocycles. The molecule has 0 amide bonds. The molecule has 0 aromatic heterocycles. The smallest absolute Gasteiger partial charge is 0.344 e. The van der Waals surface area contributed by atoms with Gasteiger partial charge in [0.1, 0.15) is 23.7 Å². The van der Waals surface area contributed by atoms with Crippen molar-refractivity contribution >= 4 is 33.5 Å². The highest BCUT2D eigenvalue weighted by Gasteiger charge is 2.25. The fourth-order valence-corrected chi connectivity index (χ4v) is 7.21. The first kappa shape index (κ1) is 32.1. The van der Waals surface area contributed by atoms with Gasteiger partial charge in [0, 0.05) is 21.5 Å². The predicted octanol–water partition coefficient (Wildman–Crippen LogP) is 9.34. The van der Waals surface area contributed by atoms with Crippen LogP contribution in [0.1, 0.15) is 104 Å². The van der Waals surface area contributed by atoms with Crippen molar-refractivity contribution in [3.05, 3.63) is 48.5 Å². The van der Waals surface area contributed by atoms with Crippen molar-refractivity contribution in [1.29, 1.82) is 0 Å². The zero-order valence-corrected chi connectivity index (χ0v) is 26.7. The molecule has 0 saturated heterocycles. The number of rotatable bonds is 10. The Kier molecular flexibility index (Phi) is 11.8. The van der Waals surface area contributed by atoms with Gasteiger partial charge < -0.3 is 18.9 Å². The van der Waals surface area contributed by atoms with Crippen LogP contribution in [-0.4, -0.2) is 37.4 Å². The lowest BCUT2D eigenvalue weighted by Gasteiger charge is -2.26. The van der Waals surface area contributed by atoms with E-state index in [0.717, 1.165) is 47.2 Å². The summed E-state index contributed by atoms with van der Waals surface area (Å²) in [5.41, 5.74) is 0. The second-order valence-electron chi connectivity index (χ2n) is 12.9. The second-order valence-corrected chi connectivity index (χ2v) is 12.9. The molecule has 0 heterocycles. The zero-order valence-electron chi connectivity index (χ0n) is 26.7. The van der Waals surface area contributed by atoms with E-state index in [1.54, 1.807) is 0 Å². The highest BCUT2D eigenvalue weighted by Crippen LogP contribution is 2.42. The molecule has 0 spiro atoms. The van der Waals surface area contributed by atoms with Crippen LogP contribution in [-0.2, 0) is 19.1 Å². The van der Waals surface area contributed by atoms with Crippen LogP contribution in [0.2, 0.25) is 0 Å². The Morgan fingerprint density at radius 3 is 1.16 bits per heavy atom. The van der Waals surface area contributed by atoms with Gasteiger partial charge in [0.05, 0.1) is 0 Å². The summed E-state index contributed by atoms with van der Waals surface area (Å²) < 4.78 is 24.2. The summed E-state index contributed by atoms with van der Waals surface area (Å²) in [7, 11) is 0. The number of carbonyl (C=O) groups is 2. The van der Waals surface area contributed by atoms with E-state index in [1.807, 2.05) is 62.4 Å². The quantitative estimate of drug-likeness (QED) is 0.170. The summed E-state index contributed by atoms with van der Waals surface area (Å²) in [6.07, 6.45) is 16.7.